The number of nitrogens with one attached hydrogen (secondary N) is 1. The van der Waals surface area contributed by atoms with Gasteiger partial charge in [-0.2, -0.15) is 0 Å². The largest absolute Gasteiger partial charge is 0.324 e. The van der Waals surface area contributed by atoms with Crippen LogP contribution >= 0.6 is 35.0 Å². The lowest BCUT2D eigenvalue weighted by Gasteiger charge is -2.56. The predicted molar refractivity (Wildman–Crippen MR) is 130 cm³/mol. The molecule has 170 valence electrons. The summed E-state index contributed by atoms with van der Waals surface area (Å²) < 4.78 is 2.14. The van der Waals surface area contributed by atoms with E-state index in [4.69, 9.17) is 23.2 Å². The van der Waals surface area contributed by atoms with Gasteiger partial charge in [0.2, 0.25) is 5.91 Å². The zero-order valence-corrected chi connectivity index (χ0v) is 20.4. The van der Waals surface area contributed by atoms with Crippen molar-refractivity contribution in [3.05, 3.63) is 46.7 Å². The Labute approximate surface area is 203 Å². The fourth-order valence-corrected chi connectivity index (χ4v) is 7.84. The maximum atomic E-state index is 12.5. The van der Waals surface area contributed by atoms with E-state index in [-0.39, 0.29) is 11.7 Å². The molecule has 5 nitrogen and oxygen atoms in total. The molecule has 0 atom stereocenters. The molecule has 2 aromatic rings. The van der Waals surface area contributed by atoms with Crippen molar-refractivity contribution in [2.24, 2.45) is 23.2 Å². The number of aromatic nitrogens is 3. The van der Waals surface area contributed by atoms with Crippen molar-refractivity contribution in [3.8, 4) is 0 Å². The summed E-state index contributed by atoms with van der Waals surface area (Å²) >= 11 is 13.5. The number of nitrogens with zero attached hydrogens (tertiary/aromatic N) is 3. The van der Waals surface area contributed by atoms with Crippen LogP contribution in [0.4, 0.5) is 5.69 Å². The third-order valence-electron chi connectivity index (χ3n) is 7.34. The highest BCUT2D eigenvalue weighted by Crippen LogP contribution is 2.61. The van der Waals surface area contributed by atoms with Crippen molar-refractivity contribution in [2.45, 2.75) is 56.6 Å². The molecule has 1 heterocycles. The van der Waals surface area contributed by atoms with Crippen LogP contribution in [0.1, 0.15) is 44.3 Å². The lowest BCUT2D eigenvalue weighted by Crippen LogP contribution is -2.47. The molecule has 0 saturated heterocycles. The molecule has 4 saturated carbocycles. The molecule has 1 N–H and O–H groups in total. The van der Waals surface area contributed by atoms with E-state index in [2.05, 4.69) is 26.7 Å². The van der Waals surface area contributed by atoms with Gasteiger partial charge in [-0.05, 0) is 79.9 Å². The van der Waals surface area contributed by atoms with E-state index in [0.29, 0.717) is 27.7 Å². The smallest absolute Gasteiger partial charge is 0.234 e. The summed E-state index contributed by atoms with van der Waals surface area (Å²) in [6.07, 6.45) is 11.2. The van der Waals surface area contributed by atoms with E-state index in [1.54, 1.807) is 18.2 Å². The van der Waals surface area contributed by atoms with Gasteiger partial charge in [0.25, 0.3) is 0 Å². The minimum absolute atomic E-state index is 0.144. The van der Waals surface area contributed by atoms with E-state index >= 15 is 0 Å². The second-order valence-corrected chi connectivity index (χ2v) is 11.6. The van der Waals surface area contributed by atoms with Gasteiger partial charge in [0.15, 0.2) is 5.16 Å². The fraction of sp³-hybridized carbons (Fsp3) is 0.542. The molecule has 32 heavy (non-hydrogen) atoms. The molecule has 0 unspecified atom stereocenters. The number of hydrogen-bond acceptors (Lipinski definition) is 4. The summed E-state index contributed by atoms with van der Waals surface area (Å²) in [6, 6.07) is 5.02. The van der Waals surface area contributed by atoms with Crippen molar-refractivity contribution < 1.29 is 4.79 Å². The first-order valence-electron chi connectivity index (χ1n) is 11.3. The summed E-state index contributed by atoms with van der Waals surface area (Å²) in [5.41, 5.74) is 0.947. The second kappa shape index (κ2) is 9.03. The third-order valence-corrected chi connectivity index (χ3v) is 8.86. The van der Waals surface area contributed by atoms with Gasteiger partial charge in [0.05, 0.1) is 16.5 Å². The van der Waals surface area contributed by atoms with E-state index in [0.717, 1.165) is 35.2 Å². The highest BCUT2D eigenvalue weighted by Gasteiger charge is 2.51. The Morgan fingerprint density at radius 2 is 1.88 bits per heavy atom. The number of benzene rings is 1. The molecule has 1 aromatic carbocycles. The summed E-state index contributed by atoms with van der Waals surface area (Å²) in [5, 5.41) is 13.6. The Hall–Kier alpha value is -1.50. The van der Waals surface area contributed by atoms with E-state index in [9.17, 15) is 4.79 Å². The molecule has 4 fully saturated rings. The number of carbonyl (C=O) groups is 1. The number of rotatable bonds is 8. The predicted octanol–water partition coefficient (Wildman–Crippen LogP) is 6.26. The van der Waals surface area contributed by atoms with Crippen molar-refractivity contribution in [3.63, 3.8) is 0 Å². The van der Waals surface area contributed by atoms with Gasteiger partial charge in [-0.15, -0.1) is 16.8 Å². The van der Waals surface area contributed by atoms with Crippen LogP contribution in [0, 0.1) is 23.2 Å². The first-order chi connectivity index (χ1) is 15.4. The van der Waals surface area contributed by atoms with Crippen LogP contribution < -0.4 is 5.32 Å². The van der Waals surface area contributed by atoms with Gasteiger partial charge in [-0.3, -0.25) is 4.79 Å². The van der Waals surface area contributed by atoms with Gasteiger partial charge in [0.1, 0.15) is 5.82 Å². The zero-order chi connectivity index (χ0) is 22.3. The van der Waals surface area contributed by atoms with Crippen LogP contribution in [-0.2, 0) is 17.8 Å². The molecule has 1 aromatic heterocycles. The molecule has 0 spiro atoms. The molecule has 4 aliphatic carbocycles. The normalized spacial score (nSPS) is 28.1. The molecule has 4 aliphatic rings. The highest BCUT2D eigenvalue weighted by atomic mass is 35.5. The average molecular weight is 491 g/mol. The quantitative estimate of drug-likeness (QED) is 0.350. The SMILES string of the molecule is C=CCn1c(CC23CC4CC(CC(C4)C2)C3)nnc1SCC(=O)Nc1ccc(Cl)cc1Cl. The number of carbonyl (C=O) groups excluding carboxylic acids is 1. The van der Waals surface area contributed by atoms with Crippen molar-refractivity contribution >= 4 is 46.6 Å². The molecule has 8 heteroatoms. The Kier molecular flexibility index (Phi) is 6.30. The molecule has 1 amide bonds. The Morgan fingerprint density at radius 1 is 1.19 bits per heavy atom. The summed E-state index contributed by atoms with van der Waals surface area (Å²) in [4.78, 5) is 12.5. The zero-order valence-electron chi connectivity index (χ0n) is 18.0. The van der Waals surface area contributed by atoms with Crippen molar-refractivity contribution in [2.75, 3.05) is 11.1 Å². The van der Waals surface area contributed by atoms with Gasteiger partial charge in [-0.1, -0.05) is 41.0 Å². The van der Waals surface area contributed by atoms with Crippen LogP contribution in [-0.4, -0.2) is 26.4 Å². The summed E-state index contributed by atoms with van der Waals surface area (Å²) in [7, 11) is 0. The minimum atomic E-state index is -0.144. The van der Waals surface area contributed by atoms with E-state index in [1.165, 1.54) is 50.3 Å². The van der Waals surface area contributed by atoms with Crippen molar-refractivity contribution in [1.29, 1.82) is 0 Å². The molecule has 0 radical (unpaired) electrons. The first kappa shape index (κ1) is 22.3. The number of amides is 1. The standard InChI is InChI=1S/C24H28Cl2N4OS/c1-2-5-30-21(13-24-10-15-6-16(11-24)8-17(7-15)12-24)28-29-23(30)32-14-22(31)27-20-4-3-18(25)9-19(20)26/h2-4,9,15-17H,1,5-8,10-14H2,(H,27,31). The Bertz CT molecular complexity index is 1000. The molecular formula is C24H28Cl2N4OS. The van der Waals surface area contributed by atoms with Gasteiger partial charge < -0.3 is 9.88 Å². The highest BCUT2D eigenvalue weighted by molar-refractivity contribution is 7.99. The lowest BCUT2D eigenvalue weighted by molar-refractivity contribution is -0.113. The Balaban J connectivity index is 1.26. The average Bonchev–Trinajstić information content (AvgIpc) is 3.08. The first-order valence-corrected chi connectivity index (χ1v) is 13.1. The number of anilines is 1. The lowest BCUT2D eigenvalue weighted by atomic mass is 9.49. The topological polar surface area (TPSA) is 59.8 Å². The van der Waals surface area contributed by atoms with Gasteiger partial charge in [-0.25, -0.2) is 0 Å². The van der Waals surface area contributed by atoms with Crippen LogP contribution in [0.25, 0.3) is 0 Å². The van der Waals surface area contributed by atoms with Crippen LogP contribution in [0.15, 0.2) is 36.0 Å². The molecule has 4 bridgehead atoms. The van der Waals surface area contributed by atoms with Crippen molar-refractivity contribution in [1.82, 2.24) is 14.8 Å². The summed E-state index contributed by atoms with van der Waals surface area (Å²) in [5.74, 6) is 3.86. The summed E-state index contributed by atoms with van der Waals surface area (Å²) in [6.45, 7) is 4.58. The van der Waals surface area contributed by atoms with Gasteiger partial charge in [0, 0.05) is 18.0 Å². The minimum Gasteiger partial charge on any atom is -0.324 e. The Morgan fingerprint density at radius 3 is 2.50 bits per heavy atom. The number of allylic oxidation sites excluding steroid dienone is 1. The molecule has 0 aliphatic heterocycles. The third kappa shape index (κ3) is 4.59. The molecule has 6 rings (SSSR count). The number of hydrogen-bond donors (Lipinski definition) is 1. The fourth-order valence-electron chi connectivity index (χ4n) is 6.62. The maximum absolute atomic E-state index is 12.5. The molecular weight excluding hydrogens is 463 g/mol. The monoisotopic (exact) mass is 490 g/mol. The van der Waals surface area contributed by atoms with E-state index in [1.807, 2.05) is 6.08 Å². The second-order valence-electron chi connectivity index (χ2n) is 9.85. The van der Waals surface area contributed by atoms with Crippen LogP contribution in [0.5, 0.6) is 0 Å². The van der Waals surface area contributed by atoms with Crippen LogP contribution in [0.3, 0.4) is 0 Å². The number of halogens is 2. The number of thioether (sulfide) groups is 1. The maximum Gasteiger partial charge on any atom is 0.234 e. The van der Waals surface area contributed by atoms with Gasteiger partial charge >= 0.3 is 0 Å². The van der Waals surface area contributed by atoms with Crippen LogP contribution in [0.2, 0.25) is 10.0 Å². The van der Waals surface area contributed by atoms with E-state index < -0.39 is 0 Å².